The van der Waals surface area contributed by atoms with Gasteiger partial charge in [-0.05, 0) is 51.5 Å². The van der Waals surface area contributed by atoms with E-state index in [9.17, 15) is 31.5 Å². The first kappa shape index (κ1) is 27.1. The fourth-order valence-electron chi connectivity index (χ4n) is 3.95. The van der Waals surface area contributed by atoms with Gasteiger partial charge in [0.25, 0.3) is 0 Å². The van der Waals surface area contributed by atoms with Crippen molar-refractivity contribution in [1.29, 1.82) is 0 Å². The van der Waals surface area contributed by atoms with Gasteiger partial charge in [-0.15, -0.1) is 0 Å². The van der Waals surface area contributed by atoms with Gasteiger partial charge in [0.1, 0.15) is 12.2 Å². The Morgan fingerprint density at radius 1 is 1.03 bits per heavy atom. The van der Waals surface area contributed by atoms with Crippen LogP contribution < -0.4 is 0 Å². The van der Waals surface area contributed by atoms with Crippen LogP contribution in [0.2, 0.25) is 0 Å². The molecule has 1 fully saturated rings. The summed E-state index contributed by atoms with van der Waals surface area (Å²) in [5, 5.41) is 0. The first-order chi connectivity index (χ1) is 15.2. The summed E-state index contributed by atoms with van der Waals surface area (Å²) in [6.07, 6.45) is -7.13. The number of esters is 2. The highest BCUT2D eigenvalue weighted by atomic mass is 19.4. The number of benzene rings is 1. The fraction of sp³-hybridized carbons (Fsp3) is 0.667. The second-order valence-electron chi connectivity index (χ2n) is 9.71. The van der Waals surface area contributed by atoms with Crippen molar-refractivity contribution < 1.29 is 41.0 Å². The van der Waals surface area contributed by atoms with Gasteiger partial charge in [-0.2, -0.15) is 13.2 Å². The van der Waals surface area contributed by atoms with Crippen LogP contribution in [-0.4, -0.2) is 29.6 Å². The number of rotatable bonds is 10. The maximum atomic E-state index is 13.4. The minimum Gasteiger partial charge on any atom is -0.461 e. The van der Waals surface area contributed by atoms with Crippen LogP contribution in [0.5, 0.6) is 0 Å². The minimum absolute atomic E-state index is 0.0678. The normalized spacial score (nSPS) is 18.2. The molecule has 0 spiro atoms. The van der Waals surface area contributed by atoms with E-state index in [1.807, 2.05) is 0 Å². The molecule has 0 heterocycles. The Morgan fingerprint density at radius 3 is 2.15 bits per heavy atom. The predicted octanol–water partition coefficient (Wildman–Crippen LogP) is 6.47. The molecule has 4 nitrogen and oxygen atoms in total. The number of hydrogen-bond donors (Lipinski definition) is 0. The van der Waals surface area contributed by atoms with Crippen molar-refractivity contribution in [3.05, 3.63) is 35.9 Å². The third-order valence-corrected chi connectivity index (χ3v) is 5.46. The van der Waals surface area contributed by atoms with Crippen molar-refractivity contribution in [3.63, 3.8) is 0 Å². The zero-order valence-electron chi connectivity index (χ0n) is 19.1. The zero-order chi connectivity index (χ0) is 24.9. The summed E-state index contributed by atoms with van der Waals surface area (Å²) < 4.78 is 75.7. The molecule has 1 aliphatic rings. The molecule has 0 radical (unpaired) electrons. The molecular weight excluding hydrogens is 447 g/mol. The number of hydrogen-bond acceptors (Lipinski definition) is 4. The monoisotopic (exact) mass is 478 g/mol. The summed E-state index contributed by atoms with van der Waals surface area (Å²) in [5.41, 5.74) is -0.240. The number of carbonyl (C=O) groups excluding carboxylic acids is 2. The van der Waals surface area contributed by atoms with Gasteiger partial charge in [-0.1, -0.05) is 30.3 Å². The van der Waals surface area contributed by atoms with Crippen LogP contribution in [0, 0.1) is 17.8 Å². The predicted molar refractivity (Wildman–Crippen MR) is 111 cm³/mol. The van der Waals surface area contributed by atoms with E-state index in [-0.39, 0.29) is 19.4 Å². The highest BCUT2D eigenvalue weighted by Gasteiger charge is 2.49. The Kier molecular flexibility index (Phi) is 8.88. The van der Waals surface area contributed by atoms with Crippen molar-refractivity contribution in [1.82, 2.24) is 0 Å². The van der Waals surface area contributed by atoms with E-state index in [2.05, 4.69) is 0 Å². The molecule has 0 saturated heterocycles. The molecule has 0 unspecified atom stereocenters. The quantitative estimate of drug-likeness (QED) is 0.286. The van der Waals surface area contributed by atoms with Gasteiger partial charge in [0.2, 0.25) is 5.92 Å². The third-order valence-electron chi connectivity index (χ3n) is 5.46. The second-order valence-corrected chi connectivity index (χ2v) is 9.71. The number of ether oxygens (including phenoxy) is 2. The Hall–Kier alpha value is -2.19. The summed E-state index contributed by atoms with van der Waals surface area (Å²) >= 11 is 0. The van der Waals surface area contributed by atoms with E-state index in [1.165, 1.54) is 0 Å². The molecular formula is C24H31F5O4. The minimum atomic E-state index is -4.42. The summed E-state index contributed by atoms with van der Waals surface area (Å²) in [7, 11) is 0. The van der Waals surface area contributed by atoms with E-state index >= 15 is 0 Å². The average molecular weight is 478 g/mol. The van der Waals surface area contributed by atoms with E-state index in [1.54, 1.807) is 51.1 Å². The first-order valence-corrected chi connectivity index (χ1v) is 11.0. The standard InChI is InChI=1S/C24H31F5O4/c1-22(2,3)33-21(31)19(12-17-13-23(25,26)14-17)18(10-7-11-24(27,28)29)20(30)32-15-16-8-5-4-6-9-16/h4-6,8-9,17-19H,7,10-15H2,1-3H3/t18-,19+/m1/s1. The summed E-state index contributed by atoms with van der Waals surface area (Å²) in [4.78, 5) is 25.9. The van der Waals surface area contributed by atoms with E-state index in [0.29, 0.717) is 5.56 Å². The zero-order valence-corrected chi connectivity index (χ0v) is 19.1. The van der Waals surface area contributed by atoms with Crippen LogP contribution >= 0.6 is 0 Å². The van der Waals surface area contributed by atoms with Crippen molar-refractivity contribution in [2.45, 2.75) is 83.6 Å². The van der Waals surface area contributed by atoms with Gasteiger partial charge in [-0.3, -0.25) is 9.59 Å². The lowest BCUT2D eigenvalue weighted by Crippen LogP contribution is -2.42. The molecule has 1 saturated carbocycles. The van der Waals surface area contributed by atoms with Crippen LogP contribution in [0.4, 0.5) is 22.0 Å². The van der Waals surface area contributed by atoms with Gasteiger partial charge in [0.15, 0.2) is 0 Å². The highest BCUT2D eigenvalue weighted by Crippen LogP contribution is 2.47. The molecule has 0 bridgehead atoms. The summed E-state index contributed by atoms with van der Waals surface area (Å²) in [6.45, 7) is 4.74. The van der Waals surface area contributed by atoms with Crippen molar-refractivity contribution in [3.8, 4) is 0 Å². The second kappa shape index (κ2) is 10.8. The smallest absolute Gasteiger partial charge is 0.389 e. The molecule has 186 valence electrons. The number of carbonyl (C=O) groups is 2. The summed E-state index contributed by atoms with van der Waals surface area (Å²) in [6, 6.07) is 8.69. The molecule has 1 aromatic rings. The molecule has 9 heteroatoms. The number of halogens is 5. The van der Waals surface area contributed by atoms with Gasteiger partial charge >= 0.3 is 18.1 Å². The first-order valence-electron chi connectivity index (χ1n) is 11.0. The van der Waals surface area contributed by atoms with E-state index in [0.717, 1.165) is 0 Å². The molecule has 2 atom stereocenters. The third kappa shape index (κ3) is 9.68. The fourth-order valence-corrected chi connectivity index (χ4v) is 3.95. The maximum Gasteiger partial charge on any atom is 0.389 e. The molecule has 0 aromatic heterocycles. The Balaban J connectivity index is 2.20. The maximum absolute atomic E-state index is 13.4. The molecule has 1 aromatic carbocycles. The van der Waals surface area contributed by atoms with Crippen LogP contribution in [0.15, 0.2) is 30.3 Å². The van der Waals surface area contributed by atoms with Crippen LogP contribution in [0.25, 0.3) is 0 Å². The topological polar surface area (TPSA) is 52.6 Å². The molecule has 2 rings (SSSR count). The molecule has 0 N–H and O–H groups in total. The lowest BCUT2D eigenvalue weighted by atomic mass is 9.72. The van der Waals surface area contributed by atoms with Crippen molar-refractivity contribution in [2.75, 3.05) is 0 Å². The summed E-state index contributed by atoms with van der Waals surface area (Å²) in [5.74, 6) is -7.36. The van der Waals surface area contributed by atoms with Crippen LogP contribution in [0.3, 0.4) is 0 Å². The van der Waals surface area contributed by atoms with E-state index in [4.69, 9.17) is 9.47 Å². The lowest BCUT2D eigenvalue weighted by molar-refractivity contribution is -0.174. The van der Waals surface area contributed by atoms with Gasteiger partial charge < -0.3 is 9.47 Å². The Morgan fingerprint density at radius 2 is 1.64 bits per heavy atom. The SMILES string of the molecule is CC(C)(C)OC(=O)[C@@H](CC1CC(F)(F)C1)[C@@H](CCCC(F)(F)F)C(=O)OCc1ccccc1. The van der Waals surface area contributed by atoms with Crippen molar-refractivity contribution in [2.24, 2.45) is 17.8 Å². The molecule has 0 amide bonds. The Labute approximate surface area is 190 Å². The highest BCUT2D eigenvalue weighted by molar-refractivity contribution is 5.82. The van der Waals surface area contributed by atoms with Crippen molar-refractivity contribution >= 4 is 11.9 Å². The van der Waals surface area contributed by atoms with Crippen LogP contribution in [-0.2, 0) is 25.7 Å². The van der Waals surface area contributed by atoms with Crippen LogP contribution in [0.1, 0.15) is 64.9 Å². The largest absolute Gasteiger partial charge is 0.461 e. The van der Waals surface area contributed by atoms with Gasteiger partial charge in [-0.25, -0.2) is 8.78 Å². The van der Waals surface area contributed by atoms with E-state index < -0.39 is 73.1 Å². The lowest BCUT2D eigenvalue weighted by Gasteiger charge is -2.38. The van der Waals surface area contributed by atoms with Gasteiger partial charge in [0.05, 0.1) is 11.8 Å². The molecule has 1 aliphatic carbocycles. The molecule has 33 heavy (non-hydrogen) atoms. The molecule has 0 aliphatic heterocycles. The average Bonchev–Trinajstić information content (AvgIpc) is 2.65. The Bertz CT molecular complexity index is 778. The number of alkyl halides is 5. The van der Waals surface area contributed by atoms with Gasteiger partial charge in [0, 0.05) is 19.3 Å².